The van der Waals surface area contributed by atoms with Gasteiger partial charge in [-0.05, 0) is 33.2 Å². The van der Waals surface area contributed by atoms with Gasteiger partial charge in [0, 0.05) is 11.8 Å². The summed E-state index contributed by atoms with van der Waals surface area (Å²) in [4.78, 5) is 12.5. The molecule has 0 heterocycles. The van der Waals surface area contributed by atoms with Gasteiger partial charge in [-0.25, -0.2) is 0 Å². The number of hydrogen-bond acceptors (Lipinski definition) is 1. The Bertz CT molecular complexity index is 768. The van der Waals surface area contributed by atoms with Crippen molar-refractivity contribution in [1.29, 1.82) is 0 Å². The molecule has 0 unspecified atom stereocenters. The smallest absolute Gasteiger partial charge is 0.142 e. The maximum absolute atomic E-state index is 12.5. The molecule has 1 nitrogen and oxygen atoms in total. The number of Topliss-reactive ketones (excluding diaryl/α,β-unsaturated/α-hetero) is 1. The van der Waals surface area contributed by atoms with E-state index in [0.717, 1.165) is 5.56 Å². The molecule has 0 spiro atoms. The van der Waals surface area contributed by atoms with Crippen molar-refractivity contribution in [3.8, 4) is 0 Å². The number of hydrogen-bond donors (Lipinski definition) is 0. The lowest BCUT2D eigenvalue weighted by molar-refractivity contribution is -0.125. The van der Waals surface area contributed by atoms with E-state index in [1.807, 2.05) is 45.0 Å². The van der Waals surface area contributed by atoms with Gasteiger partial charge in [0.2, 0.25) is 0 Å². The zero-order valence-corrected chi connectivity index (χ0v) is 12.8. The fourth-order valence-electron chi connectivity index (χ4n) is 2.72. The van der Waals surface area contributed by atoms with Crippen molar-refractivity contribution in [1.82, 2.24) is 0 Å². The highest BCUT2D eigenvalue weighted by Crippen LogP contribution is 2.30. The molecule has 0 aromatic heterocycles. The van der Waals surface area contributed by atoms with Crippen LogP contribution in [0.4, 0.5) is 0 Å². The standard InChI is InChI=1S/C20H20O/c1-20(2,3)19(21)13-18-16-10-6-4-8-14(16)12-15-9-5-7-11-17(15)18/h4-12H,13H2,1-3H3. The Morgan fingerprint density at radius 2 is 1.33 bits per heavy atom. The summed E-state index contributed by atoms with van der Waals surface area (Å²) in [5, 5.41) is 4.78. The zero-order chi connectivity index (χ0) is 15.0. The van der Waals surface area contributed by atoms with E-state index in [-0.39, 0.29) is 11.2 Å². The van der Waals surface area contributed by atoms with E-state index in [2.05, 4.69) is 30.3 Å². The van der Waals surface area contributed by atoms with Gasteiger partial charge in [0.1, 0.15) is 5.78 Å². The van der Waals surface area contributed by atoms with Crippen molar-refractivity contribution in [2.75, 3.05) is 0 Å². The van der Waals surface area contributed by atoms with Crippen molar-refractivity contribution in [2.45, 2.75) is 27.2 Å². The Labute approximate surface area is 125 Å². The predicted molar refractivity (Wildman–Crippen MR) is 89.6 cm³/mol. The SMILES string of the molecule is CC(C)(C)C(=O)Cc1c2ccccc2cc2ccccc12. The van der Waals surface area contributed by atoms with Gasteiger partial charge in [0.15, 0.2) is 0 Å². The molecule has 0 aliphatic rings. The van der Waals surface area contributed by atoms with Gasteiger partial charge >= 0.3 is 0 Å². The van der Waals surface area contributed by atoms with Crippen molar-refractivity contribution in [2.24, 2.45) is 5.41 Å². The Morgan fingerprint density at radius 1 is 0.857 bits per heavy atom. The van der Waals surface area contributed by atoms with Gasteiger partial charge in [-0.3, -0.25) is 4.79 Å². The van der Waals surface area contributed by atoms with Gasteiger partial charge in [0.05, 0.1) is 0 Å². The third kappa shape index (κ3) is 2.56. The lowest BCUT2D eigenvalue weighted by Gasteiger charge is -2.18. The molecular formula is C20H20O. The quantitative estimate of drug-likeness (QED) is 0.591. The van der Waals surface area contributed by atoms with Crippen LogP contribution in [0, 0.1) is 5.41 Å². The van der Waals surface area contributed by atoms with Gasteiger partial charge in [-0.15, -0.1) is 0 Å². The minimum Gasteiger partial charge on any atom is -0.299 e. The van der Waals surface area contributed by atoms with Gasteiger partial charge < -0.3 is 0 Å². The highest BCUT2D eigenvalue weighted by atomic mass is 16.1. The first kappa shape index (κ1) is 13.8. The van der Waals surface area contributed by atoms with Crippen LogP contribution >= 0.6 is 0 Å². The number of carbonyl (C=O) groups excluding carboxylic acids is 1. The summed E-state index contributed by atoms with van der Waals surface area (Å²) < 4.78 is 0. The summed E-state index contributed by atoms with van der Waals surface area (Å²) in [5.41, 5.74) is 0.849. The Morgan fingerprint density at radius 3 is 1.81 bits per heavy atom. The third-order valence-electron chi connectivity index (χ3n) is 4.06. The Balaban J connectivity index is 2.28. The van der Waals surface area contributed by atoms with E-state index in [1.165, 1.54) is 21.5 Å². The maximum Gasteiger partial charge on any atom is 0.142 e. The average Bonchev–Trinajstić information content (AvgIpc) is 2.46. The topological polar surface area (TPSA) is 17.1 Å². The molecule has 0 aliphatic heterocycles. The largest absolute Gasteiger partial charge is 0.299 e. The van der Waals surface area contributed by atoms with Crippen LogP contribution in [-0.4, -0.2) is 5.78 Å². The van der Waals surface area contributed by atoms with E-state index in [9.17, 15) is 4.79 Å². The van der Waals surface area contributed by atoms with Crippen LogP contribution in [0.2, 0.25) is 0 Å². The van der Waals surface area contributed by atoms with E-state index in [4.69, 9.17) is 0 Å². The lowest BCUT2D eigenvalue weighted by atomic mass is 9.84. The molecule has 0 N–H and O–H groups in total. The first-order chi connectivity index (χ1) is 9.97. The second-order valence-corrected chi connectivity index (χ2v) is 6.65. The number of rotatable bonds is 2. The zero-order valence-electron chi connectivity index (χ0n) is 12.8. The molecule has 0 aliphatic carbocycles. The monoisotopic (exact) mass is 276 g/mol. The molecule has 0 atom stereocenters. The van der Waals surface area contributed by atoms with E-state index >= 15 is 0 Å². The molecule has 0 saturated heterocycles. The molecule has 3 rings (SSSR count). The molecule has 3 aromatic rings. The molecule has 1 heteroatoms. The summed E-state index contributed by atoms with van der Waals surface area (Å²) in [5.74, 6) is 0.281. The molecule has 0 radical (unpaired) electrons. The molecule has 106 valence electrons. The predicted octanol–water partition coefficient (Wildman–Crippen LogP) is 5.15. The summed E-state index contributed by atoms with van der Waals surface area (Å²) >= 11 is 0. The molecule has 21 heavy (non-hydrogen) atoms. The molecular weight excluding hydrogens is 256 g/mol. The van der Waals surface area contributed by atoms with Crippen LogP contribution in [0.15, 0.2) is 54.6 Å². The van der Waals surface area contributed by atoms with Crippen LogP contribution in [0.25, 0.3) is 21.5 Å². The highest BCUT2D eigenvalue weighted by Gasteiger charge is 2.22. The minimum atomic E-state index is -0.307. The number of carbonyl (C=O) groups is 1. The summed E-state index contributed by atoms with van der Waals surface area (Å²) in [6.45, 7) is 5.97. The van der Waals surface area contributed by atoms with Crippen molar-refractivity contribution in [3.05, 3.63) is 60.2 Å². The lowest BCUT2D eigenvalue weighted by Crippen LogP contribution is -2.22. The minimum absolute atomic E-state index is 0.281. The van der Waals surface area contributed by atoms with Crippen LogP contribution in [0.3, 0.4) is 0 Å². The van der Waals surface area contributed by atoms with Gasteiger partial charge in [0.25, 0.3) is 0 Å². The highest BCUT2D eigenvalue weighted by molar-refractivity contribution is 6.05. The normalized spacial score (nSPS) is 12.0. The molecule has 0 saturated carbocycles. The number of benzene rings is 3. The van der Waals surface area contributed by atoms with Crippen molar-refractivity contribution < 1.29 is 4.79 Å². The third-order valence-corrected chi connectivity index (χ3v) is 4.06. The fourth-order valence-corrected chi connectivity index (χ4v) is 2.72. The van der Waals surface area contributed by atoms with Crippen LogP contribution in [-0.2, 0) is 11.2 Å². The van der Waals surface area contributed by atoms with E-state index < -0.39 is 0 Å². The molecule has 0 bridgehead atoms. The Hall–Kier alpha value is -2.15. The fraction of sp³-hybridized carbons (Fsp3) is 0.250. The van der Waals surface area contributed by atoms with Crippen LogP contribution < -0.4 is 0 Å². The average molecular weight is 276 g/mol. The van der Waals surface area contributed by atoms with Crippen LogP contribution in [0.5, 0.6) is 0 Å². The first-order valence-corrected chi connectivity index (χ1v) is 7.39. The summed E-state index contributed by atoms with van der Waals surface area (Å²) in [7, 11) is 0. The Kier molecular flexibility index (Phi) is 3.29. The summed E-state index contributed by atoms with van der Waals surface area (Å²) in [6.07, 6.45) is 0.491. The van der Waals surface area contributed by atoms with E-state index in [0.29, 0.717) is 6.42 Å². The maximum atomic E-state index is 12.5. The summed E-state index contributed by atoms with van der Waals surface area (Å²) in [6, 6.07) is 18.9. The van der Waals surface area contributed by atoms with Gasteiger partial charge in [-0.2, -0.15) is 0 Å². The van der Waals surface area contributed by atoms with E-state index in [1.54, 1.807) is 0 Å². The van der Waals surface area contributed by atoms with Gasteiger partial charge in [-0.1, -0.05) is 69.3 Å². The second-order valence-electron chi connectivity index (χ2n) is 6.65. The molecule has 0 fully saturated rings. The second kappa shape index (κ2) is 5.00. The number of ketones is 1. The molecule has 0 amide bonds. The molecule has 3 aromatic carbocycles. The van der Waals surface area contributed by atoms with Crippen molar-refractivity contribution >= 4 is 27.3 Å². The first-order valence-electron chi connectivity index (χ1n) is 7.39. The van der Waals surface area contributed by atoms with Crippen LogP contribution in [0.1, 0.15) is 26.3 Å². The van der Waals surface area contributed by atoms with Crippen molar-refractivity contribution in [3.63, 3.8) is 0 Å². The number of fused-ring (bicyclic) bond motifs is 2.